The molecule has 1 saturated heterocycles. The molecule has 0 spiro atoms. The van der Waals surface area contributed by atoms with E-state index in [9.17, 15) is 9.59 Å². The van der Waals surface area contributed by atoms with Crippen LogP contribution >= 0.6 is 0 Å². The van der Waals surface area contributed by atoms with Crippen molar-refractivity contribution in [2.75, 3.05) is 17.2 Å². The number of hydrogen-bond acceptors (Lipinski definition) is 3. The summed E-state index contributed by atoms with van der Waals surface area (Å²) < 4.78 is 0. The summed E-state index contributed by atoms with van der Waals surface area (Å²) in [5, 5.41) is 9.04. The molecule has 1 aromatic rings. The first-order valence-corrected chi connectivity index (χ1v) is 7.67. The molecule has 1 heterocycles. The zero-order valence-electron chi connectivity index (χ0n) is 12.0. The number of amides is 2. The van der Waals surface area contributed by atoms with Gasteiger partial charge in [-0.15, -0.1) is 0 Å². The first-order chi connectivity index (χ1) is 10.2. The van der Waals surface area contributed by atoms with E-state index in [2.05, 4.69) is 16.0 Å². The molecule has 0 radical (unpaired) electrons. The number of anilines is 2. The Hall–Kier alpha value is -1.88. The Morgan fingerprint density at radius 2 is 1.71 bits per heavy atom. The van der Waals surface area contributed by atoms with Gasteiger partial charge in [0, 0.05) is 17.3 Å². The largest absolute Gasteiger partial charge is 0.326 e. The van der Waals surface area contributed by atoms with Gasteiger partial charge in [-0.1, -0.05) is 12.5 Å². The Labute approximate surface area is 124 Å². The summed E-state index contributed by atoms with van der Waals surface area (Å²) in [6.07, 6.45) is 5.06. The zero-order chi connectivity index (χ0) is 14.7. The highest BCUT2D eigenvalue weighted by Gasteiger charge is 2.29. The third-order valence-corrected chi connectivity index (χ3v) is 3.97. The Bertz CT molecular complexity index is 534. The second-order valence-corrected chi connectivity index (χ2v) is 5.84. The van der Waals surface area contributed by atoms with E-state index in [1.807, 2.05) is 18.2 Å². The minimum Gasteiger partial charge on any atom is -0.326 e. The van der Waals surface area contributed by atoms with E-state index in [1.54, 1.807) is 6.07 Å². The van der Waals surface area contributed by atoms with Gasteiger partial charge in [-0.25, -0.2) is 0 Å². The quantitative estimate of drug-likeness (QED) is 0.794. The molecule has 1 saturated carbocycles. The number of piperidine rings is 1. The molecule has 21 heavy (non-hydrogen) atoms. The topological polar surface area (TPSA) is 70.2 Å². The monoisotopic (exact) mass is 287 g/mol. The second kappa shape index (κ2) is 6.26. The third-order valence-electron chi connectivity index (χ3n) is 3.97. The van der Waals surface area contributed by atoms with Crippen LogP contribution in [0.3, 0.4) is 0 Å². The number of nitrogens with one attached hydrogen (secondary N) is 3. The van der Waals surface area contributed by atoms with Gasteiger partial charge in [0.1, 0.15) is 0 Å². The van der Waals surface area contributed by atoms with E-state index in [1.165, 1.54) is 0 Å². The molecule has 5 heteroatoms. The molecule has 1 aliphatic carbocycles. The molecule has 1 atom stereocenters. The summed E-state index contributed by atoms with van der Waals surface area (Å²) in [7, 11) is 0. The highest BCUT2D eigenvalue weighted by atomic mass is 16.2. The van der Waals surface area contributed by atoms with Crippen molar-refractivity contribution in [3.63, 3.8) is 0 Å². The van der Waals surface area contributed by atoms with Gasteiger partial charge >= 0.3 is 0 Å². The maximum atomic E-state index is 12.2. The minimum atomic E-state index is -0.108. The first-order valence-electron chi connectivity index (χ1n) is 7.67. The zero-order valence-corrected chi connectivity index (χ0v) is 12.0. The molecule has 2 amide bonds. The summed E-state index contributed by atoms with van der Waals surface area (Å²) in [5.41, 5.74) is 1.46. The van der Waals surface area contributed by atoms with E-state index in [-0.39, 0.29) is 23.8 Å². The predicted octanol–water partition coefficient (Wildman–Crippen LogP) is 2.12. The number of hydrogen-bond donors (Lipinski definition) is 3. The summed E-state index contributed by atoms with van der Waals surface area (Å²) in [6.45, 7) is 0.898. The van der Waals surface area contributed by atoms with Gasteiger partial charge in [-0.05, 0) is 50.4 Å². The molecule has 0 unspecified atom stereocenters. The minimum absolute atomic E-state index is 0.000342. The van der Waals surface area contributed by atoms with Crippen molar-refractivity contribution < 1.29 is 9.59 Å². The van der Waals surface area contributed by atoms with Crippen LogP contribution in [0.1, 0.15) is 32.1 Å². The van der Waals surface area contributed by atoms with E-state index in [0.717, 1.165) is 50.0 Å². The fourth-order valence-corrected chi connectivity index (χ4v) is 2.57. The predicted molar refractivity (Wildman–Crippen MR) is 82.1 cm³/mol. The van der Waals surface area contributed by atoms with Crippen LogP contribution in [-0.2, 0) is 9.59 Å². The number of benzene rings is 1. The average Bonchev–Trinajstić information content (AvgIpc) is 3.33. The summed E-state index contributed by atoms with van der Waals surface area (Å²) in [6, 6.07) is 7.22. The van der Waals surface area contributed by atoms with Gasteiger partial charge in [-0.2, -0.15) is 0 Å². The van der Waals surface area contributed by atoms with Crippen LogP contribution in [0.5, 0.6) is 0 Å². The van der Waals surface area contributed by atoms with Crippen LogP contribution in [0.15, 0.2) is 24.3 Å². The Kier molecular flexibility index (Phi) is 4.20. The van der Waals surface area contributed by atoms with Crippen LogP contribution in [-0.4, -0.2) is 24.4 Å². The van der Waals surface area contributed by atoms with Crippen molar-refractivity contribution in [3.8, 4) is 0 Å². The normalized spacial score (nSPS) is 21.6. The smallest absolute Gasteiger partial charge is 0.241 e. The van der Waals surface area contributed by atoms with Crippen LogP contribution in [0.4, 0.5) is 11.4 Å². The van der Waals surface area contributed by atoms with Crippen molar-refractivity contribution in [1.82, 2.24) is 5.32 Å². The van der Waals surface area contributed by atoms with Gasteiger partial charge in [0.15, 0.2) is 0 Å². The second-order valence-electron chi connectivity index (χ2n) is 5.84. The lowest BCUT2D eigenvalue weighted by atomic mass is 10.0. The number of rotatable bonds is 4. The van der Waals surface area contributed by atoms with Crippen molar-refractivity contribution in [1.29, 1.82) is 0 Å². The molecule has 3 N–H and O–H groups in total. The molecule has 5 nitrogen and oxygen atoms in total. The van der Waals surface area contributed by atoms with Gasteiger partial charge < -0.3 is 16.0 Å². The van der Waals surface area contributed by atoms with Crippen LogP contribution < -0.4 is 16.0 Å². The fraction of sp³-hybridized carbons (Fsp3) is 0.500. The van der Waals surface area contributed by atoms with Gasteiger partial charge in [-0.3, -0.25) is 9.59 Å². The van der Waals surface area contributed by atoms with Crippen molar-refractivity contribution in [2.45, 2.75) is 38.1 Å². The molecule has 112 valence electrons. The Morgan fingerprint density at radius 3 is 2.33 bits per heavy atom. The number of carbonyl (C=O) groups is 2. The van der Waals surface area contributed by atoms with Gasteiger partial charge in [0.25, 0.3) is 0 Å². The molecule has 1 aliphatic heterocycles. The summed E-state index contributed by atoms with van der Waals surface area (Å²) >= 11 is 0. The molecule has 2 fully saturated rings. The Balaban J connectivity index is 1.59. The number of carbonyl (C=O) groups excluding carboxylic acids is 2. The van der Waals surface area contributed by atoms with Gasteiger partial charge in [0.2, 0.25) is 11.8 Å². The Morgan fingerprint density at radius 1 is 1.00 bits per heavy atom. The standard InChI is InChI=1S/C16H21N3O2/c20-15(11-7-8-11)18-12-4-3-5-13(10-12)19-16(21)14-6-1-2-9-17-14/h3-5,10-11,14,17H,1-2,6-9H2,(H,18,20)(H,19,21)/t14-/m0/s1. The molecule has 2 aliphatic rings. The lowest BCUT2D eigenvalue weighted by molar-refractivity contribution is -0.119. The maximum Gasteiger partial charge on any atom is 0.241 e. The fourth-order valence-electron chi connectivity index (χ4n) is 2.57. The van der Waals surface area contributed by atoms with Crippen molar-refractivity contribution >= 4 is 23.2 Å². The SMILES string of the molecule is O=C(Nc1cccc(NC(=O)[C@@H]2CCCCN2)c1)C1CC1. The molecular formula is C16H21N3O2. The van der Waals surface area contributed by atoms with E-state index < -0.39 is 0 Å². The summed E-state index contributed by atoms with van der Waals surface area (Å²) in [5.74, 6) is 0.252. The van der Waals surface area contributed by atoms with Crippen LogP contribution in [0, 0.1) is 5.92 Å². The highest BCUT2D eigenvalue weighted by Crippen LogP contribution is 2.30. The van der Waals surface area contributed by atoms with Crippen LogP contribution in [0.2, 0.25) is 0 Å². The van der Waals surface area contributed by atoms with E-state index in [0.29, 0.717) is 0 Å². The van der Waals surface area contributed by atoms with E-state index in [4.69, 9.17) is 0 Å². The molecular weight excluding hydrogens is 266 g/mol. The summed E-state index contributed by atoms with van der Waals surface area (Å²) in [4.78, 5) is 23.9. The lowest BCUT2D eigenvalue weighted by Crippen LogP contribution is -2.43. The van der Waals surface area contributed by atoms with Gasteiger partial charge in [0.05, 0.1) is 6.04 Å². The first kappa shape index (κ1) is 14.1. The maximum absolute atomic E-state index is 12.2. The molecule has 3 rings (SSSR count). The molecule has 0 bridgehead atoms. The molecule has 0 aromatic heterocycles. The highest BCUT2D eigenvalue weighted by molar-refractivity contribution is 5.97. The van der Waals surface area contributed by atoms with Crippen molar-refractivity contribution in [2.24, 2.45) is 5.92 Å². The third kappa shape index (κ3) is 3.82. The lowest BCUT2D eigenvalue weighted by Gasteiger charge is -2.22. The van der Waals surface area contributed by atoms with E-state index >= 15 is 0 Å². The average molecular weight is 287 g/mol. The van der Waals surface area contributed by atoms with Crippen molar-refractivity contribution in [3.05, 3.63) is 24.3 Å². The van der Waals surface area contributed by atoms with Crippen LogP contribution in [0.25, 0.3) is 0 Å². The molecule has 1 aromatic carbocycles.